The third-order valence-corrected chi connectivity index (χ3v) is 8.85. The van der Waals surface area contributed by atoms with E-state index >= 15 is 0 Å². The summed E-state index contributed by atoms with van der Waals surface area (Å²) in [4.78, 5) is 0. The summed E-state index contributed by atoms with van der Waals surface area (Å²) in [6, 6.07) is 0. The van der Waals surface area contributed by atoms with E-state index in [1.54, 1.807) is 5.17 Å². The smallest absolute Gasteiger partial charge is 0.0266 e. The van der Waals surface area contributed by atoms with Crippen molar-refractivity contribution in [3.05, 3.63) is 24.3 Å². The lowest BCUT2D eigenvalue weighted by atomic mass is 9.99. The second-order valence-electron chi connectivity index (χ2n) is 6.21. The van der Waals surface area contributed by atoms with E-state index in [2.05, 4.69) is 24.3 Å². The van der Waals surface area contributed by atoms with Gasteiger partial charge in [0.15, 0.2) is 0 Å². The van der Waals surface area contributed by atoms with Crippen LogP contribution in [0.2, 0.25) is 11.1 Å². The third-order valence-electron chi connectivity index (χ3n) is 5.00. The van der Waals surface area contributed by atoms with Gasteiger partial charge in [-0.2, -0.15) is 0 Å². The van der Waals surface area contributed by atoms with E-state index < -0.39 is 0 Å². The minimum atomic E-state index is -0.336. The van der Waals surface area contributed by atoms with Gasteiger partial charge in [0, 0.05) is 8.41 Å². The lowest BCUT2D eigenvalue weighted by molar-refractivity contribution is 0.468. The van der Waals surface area contributed by atoms with Crippen molar-refractivity contribution in [1.29, 1.82) is 0 Å². The molecule has 0 aliphatic heterocycles. The standard InChI is InChI=1S/C17H25Si/c1-3-9-15(10-4-1)18(17-13-7-8-14-17)16-11-5-2-6-12-16/h7-8,13,15-16H,1-6,9-12H2. The largest absolute Gasteiger partial charge is 0.0614 e. The first kappa shape index (κ1) is 12.6. The van der Waals surface area contributed by atoms with Crippen LogP contribution in [0.25, 0.3) is 0 Å². The summed E-state index contributed by atoms with van der Waals surface area (Å²) in [5.41, 5.74) is 2.12. The normalized spacial score (nSPS) is 25.9. The van der Waals surface area contributed by atoms with Crippen LogP contribution in [0.4, 0.5) is 0 Å². The van der Waals surface area contributed by atoms with Crippen molar-refractivity contribution >= 4 is 13.6 Å². The fourth-order valence-corrected chi connectivity index (χ4v) is 8.26. The van der Waals surface area contributed by atoms with Crippen molar-refractivity contribution in [3.63, 3.8) is 0 Å². The van der Waals surface area contributed by atoms with Gasteiger partial charge in [0.25, 0.3) is 0 Å². The summed E-state index contributed by atoms with van der Waals surface area (Å²) in [6.45, 7) is 0. The fourth-order valence-electron chi connectivity index (χ4n) is 4.11. The summed E-state index contributed by atoms with van der Waals surface area (Å²) in [7, 11) is -0.336. The monoisotopic (exact) mass is 257 g/mol. The van der Waals surface area contributed by atoms with Gasteiger partial charge in [-0.05, 0) is 48.0 Å². The first-order valence-electron chi connectivity index (χ1n) is 7.95. The maximum Gasteiger partial charge on any atom is 0.0266 e. The Morgan fingerprint density at radius 2 is 1.39 bits per heavy atom. The van der Waals surface area contributed by atoms with Gasteiger partial charge in [-0.1, -0.05) is 56.8 Å². The van der Waals surface area contributed by atoms with E-state index in [4.69, 9.17) is 0 Å². The highest BCUT2D eigenvalue weighted by molar-refractivity contribution is 6.76. The van der Waals surface area contributed by atoms with Gasteiger partial charge in [-0.25, -0.2) is 0 Å². The molecular formula is C17H25Si. The molecule has 3 aliphatic carbocycles. The van der Waals surface area contributed by atoms with Gasteiger partial charge in [-0.15, -0.1) is 0 Å². The van der Waals surface area contributed by atoms with Crippen LogP contribution in [-0.2, 0) is 0 Å². The molecule has 2 fully saturated rings. The molecule has 1 radical (unpaired) electrons. The Bertz CT molecular complexity index is 329. The molecule has 0 saturated heterocycles. The number of hydrogen-bond acceptors (Lipinski definition) is 0. The molecule has 0 unspecified atom stereocenters. The molecule has 0 N–H and O–H groups in total. The second-order valence-corrected chi connectivity index (χ2v) is 9.29. The van der Waals surface area contributed by atoms with E-state index in [0.717, 1.165) is 11.1 Å². The van der Waals surface area contributed by atoms with Crippen molar-refractivity contribution in [1.82, 2.24) is 0 Å². The fraction of sp³-hybridized carbons (Fsp3) is 0.706. The summed E-state index contributed by atoms with van der Waals surface area (Å²) in [5.74, 6) is 0. The molecule has 97 valence electrons. The summed E-state index contributed by atoms with van der Waals surface area (Å²) >= 11 is 0. The second kappa shape index (κ2) is 6.14. The highest BCUT2D eigenvalue weighted by Gasteiger charge is 2.28. The van der Waals surface area contributed by atoms with Gasteiger partial charge < -0.3 is 0 Å². The van der Waals surface area contributed by atoms with Crippen molar-refractivity contribution in [3.8, 4) is 0 Å². The third kappa shape index (κ3) is 2.76. The Morgan fingerprint density at radius 1 is 0.833 bits per heavy atom. The molecule has 0 atom stereocenters. The predicted octanol–water partition coefficient (Wildman–Crippen LogP) is 4.83. The molecule has 0 nitrogen and oxygen atoms in total. The van der Waals surface area contributed by atoms with Crippen LogP contribution >= 0.6 is 0 Å². The molecule has 3 rings (SSSR count). The van der Waals surface area contributed by atoms with Crippen molar-refractivity contribution in [2.75, 3.05) is 0 Å². The minimum Gasteiger partial charge on any atom is -0.0614 e. The van der Waals surface area contributed by atoms with Crippen LogP contribution in [0.15, 0.2) is 18.2 Å². The van der Waals surface area contributed by atoms with E-state index in [-0.39, 0.29) is 8.41 Å². The summed E-state index contributed by atoms with van der Waals surface area (Å²) < 4.78 is 0. The van der Waals surface area contributed by atoms with Crippen molar-refractivity contribution in [2.45, 2.75) is 75.3 Å². The van der Waals surface area contributed by atoms with Gasteiger partial charge in [0.1, 0.15) is 0 Å². The van der Waals surface area contributed by atoms with Gasteiger partial charge in [-0.3, -0.25) is 0 Å². The average molecular weight is 257 g/mol. The zero-order valence-corrected chi connectivity index (χ0v) is 12.5. The number of hydrogen-bond donors (Lipinski definition) is 0. The molecule has 0 aromatic heterocycles. The van der Waals surface area contributed by atoms with Gasteiger partial charge >= 0.3 is 0 Å². The minimum absolute atomic E-state index is 0.336. The van der Waals surface area contributed by atoms with Gasteiger partial charge in [0.05, 0.1) is 0 Å². The molecular weight excluding hydrogens is 232 g/mol. The Balaban J connectivity index is 1.85. The molecule has 2 saturated carbocycles. The quantitative estimate of drug-likeness (QED) is 0.621. The molecule has 0 heterocycles. The van der Waals surface area contributed by atoms with Crippen molar-refractivity contribution < 1.29 is 0 Å². The molecule has 0 bridgehead atoms. The Hall–Kier alpha value is -0.433. The molecule has 0 aromatic rings. The zero-order chi connectivity index (χ0) is 12.2. The first-order chi connectivity index (χ1) is 8.95. The predicted molar refractivity (Wildman–Crippen MR) is 81.4 cm³/mol. The average Bonchev–Trinajstić information content (AvgIpc) is 2.95. The number of allylic oxidation sites excluding steroid dienone is 4. The van der Waals surface area contributed by atoms with Gasteiger partial charge in [0.2, 0.25) is 0 Å². The van der Waals surface area contributed by atoms with Crippen LogP contribution in [0.5, 0.6) is 0 Å². The van der Waals surface area contributed by atoms with E-state index in [1.165, 1.54) is 64.2 Å². The zero-order valence-electron chi connectivity index (χ0n) is 11.5. The molecule has 0 aromatic carbocycles. The summed E-state index contributed by atoms with van der Waals surface area (Å²) in [5, 5.41) is 1.64. The summed E-state index contributed by atoms with van der Waals surface area (Å²) in [6.07, 6.45) is 25.3. The highest BCUT2D eigenvalue weighted by Crippen LogP contribution is 2.39. The van der Waals surface area contributed by atoms with E-state index in [0.29, 0.717) is 0 Å². The van der Waals surface area contributed by atoms with Crippen LogP contribution in [0, 0.1) is 6.08 Å². The maximum absolute atomic E-state index is 3.58. The molecule has 1 heteroatoms. The maximum atomic E-state index is 3.58. The Morgan fingerprint density at radius 3 is 1.83 bits per heavy atom. The lowest BCUT2D eigenvalue weighted by Crippen LogP contribution is -2.28. The lowest BCUT2D eigenvalue weighted by Gasteiger charge is -2.32. The van der Waals surface area contributed by atoms with Crippen LogP contribution < -0.4 is 0 Å². The first-order valence-corrected chi connectivity index (χ1v) is 9.61. The topological polar surface area (TPSA) is 0 Å². The van der Waals surface area contributed by atoms with Crippen molar-refractivity contribution in [2.24, 2.45) is 0 Å². The molecule has 0 spiro atoms. The molecule has 18 heavy (non-hydrogen) atoms. The highest BCUT2D eigenvalue weighted by atomic mass is 28.2. The van der Waals surface area contributed by atoms with E-state index in [9.17, 15) is 0 Å². The Kier molecular flexibility index (Phi) is 4.30. The van der Waals surface area contributed by atoms with E-state index in [1.807, 2.05) is 0 Å². The SMILES string of the molecule is [C]1=CC=CC1=[Si](C1CCCCC1)C1CCCCC1. The van der Waals surface area contributed by atoms with Crippen LogP contribution in [0.1, 0.15) is 64.2 Å². The van der Waals surface area contributed by atoms with Crippen LogP contribution in [0.3, 0.4) is 0 Å². The molecule has 0 amide bonds. The van der Waals surface area contributed by atoms with Crippen LogP contribution in [-0.4, -0.2) is 13.6 Å². The molecule has 3 aliphatic rings. The Labute approximate surface area is 113 Å². The number of rotatable bonds is 2.